The monoisotopic (exact) mass is 216 g/mol. The highest BCUT2D eigenvalue weighted by Gasteiger charge is 2.15. The second-order valence-electron chi connectivity index (χ2n) is 3.07. The summed E-state index contributed by atoms with van der Waals surface area (Å²) in [4.78, 5) is 4.04. The van der Waals surface area contributed by atoms with E-state index in [1.807, 2.05) is 11.8 Å². The van der Waals surface area contributed by atoms with Crippen LogP contribution in [0.15, 0.2) is 0 Å². The maximum atomic E-state index is 5.41. The Bertz CT molecular complexity index is 269. The number of nitrogens with zero attached hydrogens (tertiary/aromatic N) is 2. The van der Waals surface area contributed by atoms with Crippen LogP contribution in [-0.2, 0) is 0 Å². The SMILES string of the molecule is Nc1nsc(NCC2CCSC2)n1. The summed E-state index contributed by atoms with van der Waals surface area (Å²) in [5.41, 5.74) is 5.41. The van der Waals surface area contributed by atoms with Crippen molar-refractivity contribution in [2.45, 2.75) is 6.42 Å². The van der Waals surface area contributed by atoms with Gasteiger partial charge in [-0.25, -0.2) is 0 Å². The molecule has 0 aromatic carbocycles. The molecule has 1 unspecified atom stereocenters. The van der Waals surface area contributed by atoms with Gasteiger partial charge in [0.05, 0.1) is 0 Å². The molecule has 1 aromatic heterocycles. The summed E-state index contributed by atoms with van der Waals surface area (Å²) in [6, 6.07) is 0. The lowest BCUT2D eigenvalue weighted by atomic mass is 10.1. The Balaban J connectivity index is 1.78. The lowest BCUT2D eigenvalue weighted by Crippen LogP contribution is -2.13. The Morgan fingerprint density at radius 3 is 3.15 bits per heavy atom. The molecule has 72 valence electrons. The van der Waals surface area contributed by atoms with Gasteiger partial charge in [-0.15, -0.1) is 0 Å². The third kappa shape index (κ3) is 2.47. The molecule has 4 nitrogen and oxygen atoms in total. The maximum absolute atomic E-state index is 5.41. The van der Waals surface area contributed by atoms with Crippen LogP contribution in [0.3, 0.4) is 0 Å². The fourth-order valence-corrected chi connectivity index (χ4v) is 3.07. The van der Waals surface area contributed by atoms with Crippen LogP contribution in [0.1, 0.15) is 6.42 Å². The number of thioether (sulfide) groups is 1. The molecule has 1 saturated heterocycles. The Hall–Kier alpha value is -0.490. The predicted molar refractivity (Wildman–Crippen MR) is 58.2 cm³/mol. The molecule has 3 N–H and O–H groups in total. The van der Waals surface area contributed by atoms with Crippen LogP contribution in [0.5, 0.6) is 0 Å². The van der Waals surface area contributed by atoms with E-state index in [4.69, 9.17) is 5.73 Å². The highest BCUT2D eigenvalue weighted by Crippen LogP contribution is 2.24. The van der Waals surface area contributed by atoms with E-state index >= 15 is 0 Å². The molecule has 0 aliphatic carbocycles. The van der Waals surface area contributed by atoms with Gasteiger partial charge in [0.25, 0.3) is 0 Å². The highest BCUT2D eigenvalue weighted by molar-refractivity contribution is 7.99. The summed E-state index contributed by atoms with van der Waals surface area (Å²) in [6.07, 6.45) is 1.31. The maximum Gasteiger partial charge on any atom is 0.233 e. The quantitative estimate of drug-likeness (QED) is 0.797. The molecule has 1 atom stereocenters. The number of aromatic nitrogens is 2. The zero-order valence-electron chi connectivity index (χ0n) is 7.19. The molecule has 1 aliphatic heterocycles. The topological polar surface area (TPSA) is 63.8 Å². The van der Waals surface area contributed by atoms with Gasteiger partial charge >= 0.3 is 0 Å². The Morgan fingerprint density at radius 2 is 2.54 bits per heavy atom. The Kier molecular flexibility index (Phi) is 2.90. The first-order valence-electron chi connectivity index (χ1n) is 4.25. The van der Waals surface area contributed by atoms with Gasteiger partial charge in [-0.05, 0) is 23.8 Å². The van der Waals surface area contributed by atoms with Gasteiger partial charge in [0, 0.05) is 18.1 Å². The number of nitrogen functional groups attached to an aromatic ring is 1. The minimum atomic E-state index is 0.369. The van der Waals surface area contributed by atoms with E-state index in [1.165, 1.54) is 29.5 Å². The fraction of sp³-hybridized carbons (Fsp3) is 0.714. The first kappa shape index (κ1) is 9.08. The first-order valence-corrected chi connectivity index (χ1v) is 6.18. The third-order valence-electron chi connectivity index (χ3n) is 2.01. The molecule has 1 aromatic rings. The predicted octanol–water partition coefficient (Wildman–Crippen LogP) is 1.29. The average Bonchev–Trinajstić information content (AvgIpc) is 2.71. The Labute approximate surface area is 85.5 Å². The van der Waals surface area contributed by atoms with Gasteiger partial charge in [-0.2, -0.15) is 21.1 Å². The zero-order chi connectivity index (χ0) is 9.10. The summed E-state index contributed by atoms with van der Waals surface area (Å²) in [6.45, 7) is 1.00. The smallest absolute Gasteiger partial charge is 0.233 e. The van der Waals surface area contributed by atoms with E-state index in [0.717, 1.165) is 17.6 Å². The first-order chi connectivity index (χ1) is 6.34. The van der Waals surface area contributed by atoms with Crippen molar-refractivity contribution in [3.8, 4) is 0 Å². The summed E-state index contributed by atoms with van der Waals surface area (Å²) in [7, 11) is 0. The highest BCUT2D eigenvalue weighted by atomic mass is 32.2. The molecule has 1 fully saturated rings. The van der Waals surface area contributed by atoms with Crippen molar-refractivity contribution in [1.82, 2.24) is 9.36 Å². The van der Waals surface area contributed by atoms with Crippen molar-refractivity contribution in [1.29, 1.82) is 0 Å². The average molecular weight is 216 g/mol. The van der Waals surface area contributed by atoms with Gasteiger partial charge < -0.3 is 11.1 Å². The fourth-order valence-electron chi connectivity index (χ4n) is 1.28. The van der Waals surface area contributed by atoms with Gasteiger partial charge in [0.2, 0.25) is 11.1 Å². The summed E-state index contributed by atoms with van der Waals surface area (Å²) in [5, 5.41) is 4.10. The van der Waals surface area contributed by atoms with Gasteiger partial charge in [0.1, 0.15) is 0 Å². The summed E-state index contributed by atoms with van der Waals surface area (Å²) in [5.74, 6) is 3.72. The second-order valence-corrected chi connectivity index (χ2v) is 4.97. The van der Waals surface area contributed by atoms with Crippen molar-refractivity contribution < 1.29 is 0 Å². The van der Waals surface area contributed by atoms with E-state index in [-0.39, 0.29) is 0 Å². The number of hydrogen-bond donors (Lipinski definition) is 2. The standard InChI is InChI=1S/C7H12N4S2/c8-6-10-7(13-11-6)9-3-5-1-2-12-4-5/h5H,1-4H2,(H3,8,9,10,11). The van der Waals surface area contributed by atoms with Crippen LogP contribution in [0.4, 0.5) is 11.1 Å². The van der Waals surface area contributed by atoms with Crippen molar-refractivity contribution in [2.24, 2.45) is 5.92 Å². The van der Waals surface area contributed by atoms with Crippen LogP contribution in [0.2, 0.25) is 0 Å². The van der Waals surface area contributed by atoms with E-state index in [0.29, 0.717) is 5.95 Å². The largest absolute Gasteiger partial charge is 0.367 e. The minimum absolute atomic E-state index is 0.369. The zero-order valence-corrected chi connectivity index (χ0v) is 8.83. The molecule has 0 amide bonds. The third-order valence-corrected chi connectivity index (χ3v) is 3.93. The molecule has 0 saturated carbocycles. The van der Waals surface area contributed by atoms with E-state index < -0.39 is 0 Å². The van der Waals surface area contributed by atoms with Crippen LogP contribution >= 0.6 is 23.3 Å². The van der Waals surface area contributed by atoms with E-state index in [1.54, 1.807) is 0 Å². The molecule has 6 heteroatoms. The normalized spacial score (nSPS) is 22.0. The van der Waals surface area contributed by atoms with E-state index in [2.05, 4.69) is 14.7 Å². The van der Waals surface area contributed by atoms with Crippen molar-refractivity contribution >= 4 is 34.4 Å². The van der Waals surface area contributed by atoms with E-state index in [9.17, 15) is 0 Å². The van der Waals surface area contributed by atoms with Crippen LogP contribution in [-0.4, -0.2) is 27.4 Å². The van der Waals surface area contributed by atoms with Gasteiger partial charge in [-0.3, -0.25) is 0 Å². The molecule has 0 spiro atoms. The number of nitrogens with two attached hydrogens (primary N) is 1. The number of rotatable bonds is 3. The molecular formula is C7H12N4S2. The van der Waals surface area contributed by atoms with Gasteiger partial charge in [-0.1, -0.05) is 0 Å². The van der Waals surface area contributed by atoms with Crippen LogP contribution in [0, 0.1) is 5.92 Å². The number of nitrogens with one attached hydrogen (secondary N) is 1. The summed E-state index contributed by atoms with van der Waals surface area (Å²) < 4.78 is 3.90. The molecule has 2 rings (SSSR count). The molecule has 2 heterocycles. The van der Waals surface area contributed by atoms with Crippen molar-refractivity contribution in [2.75, 3.05) is 29.1 Å². The van der Waals surface area contributed by atoms with Crippen LogP contribution < -0.4 is 11.1 Å². The second kappa shape index (κ2) is 4.15. The minimum Gasteiger partial charge on any atom is -0.367 e. The number of anilines is 2. The van der Waals surface area contributed by atoms with Crippen molar-refractivity contribution in [3.63, 3.8) is 0 Å². The molecule has 0 bridgehead atoms. The molecule has 13 heavy (non-hydrogen) atoms. The molecule has 1 aliphatic rings. The molecular weight excluding hydrogens is 204 g/mol. The lowest BCUT2D eigenvalue weighted by Gasteiger charge is -2.07. The molecule has 0 radical (unpaired) electrons. The van der Waals surface area contributed by atoms with Crippen molar-refractivity contribution in [3.05, 3.63) is 0 Å². The summed E-state index contributed by atoms with van der Waals surface area (Å²) >= 11 is 3.35. The lowest BCUT2D eigenvalue weighted by molar-refractivity contribution is 0.631. The van der Waals surface area contributed by atoms with Crippen LogP contribution in [0.25, 0.3) is 0 Å². The van der Waals surface area contributed by atoms with Gasteiger partial charge in [0.15, 0.2) is 0 Å². The Morgan fingerprint density at radius 1 is 1.62 bits per heavy atom. The number of hydrogen-bond acceptors (Lipinski definition) is 6.